The van der Waals surface area contributed by atoms with Gasteiger partial charge in [-0.2, -0.15) is 0 Å². The van der Waals surface area contributed by atoms with Gasteiger partial charge in [0.2, 0.25) is 0 Å². The minimum atomic E-state index is -0.387. The summed E-state index contributed by atoms with van der Waals surface area (Å²) in [7, 11) is 0. The fraction of sp³-hybridized carbons (Fsp3) is 0.278. The predicted octanol–water partition coefficient (Wildman–Crippen LogP) is 2.31. The maximum atomic E-state index is 12.6. The van der Waals surface area contributed by atoms with Crippen LogP contribution in [0.25, 0.3) is 0 Å². The number of rotatable bonds is 3. The number of nitrogens with zero attached hydrogens (tertiary/aromatic N) is 2. The van der Waals surface area contributed by atoms with Crippen LogP contribution in [0.2, 0.25) is 0 Å². The van der Waals surface area contributed by atoms with E-state index in [1.165, 1.54) is 6.26 Å². The maximum absolute atomic E-state index is 12.6. The normalized spacial score (nSPS) is 16.8. The molecule has 1 saturated heterocycles. The molecule has 1 aromatic heterocycles. The molecule has 0 radical (unpaired) electrons. The van der Waals surface area contributed by atoms with Gasteiger partial charge in [-0.15, -0.1) is 0 Å². The van der Waals surface area contributed by atoms with E-state index in [4.69, 9.17) is 4.42 Å². The highest BCUT2D eigenvalue weighted by Crippen LogP contribution is 2.26. The van der Waals surface area contributed by atoms with Gasteiger partial charge < -0.3 is 9.32 Å². The number of likely N-dealkylation sites (tertiary alicyclic amines) is 1. The Bertz CT molecular complexity index is 820. The Hall–Kier alpha value is -2.89. The van der Waals surface area contributed by atoms with Gasteiger partial charge in [0.1, 0.15) is 5.76 Å². The van der Waals surface area contributed by atoms with Gasteiger partial charge in [-0.05, 0) is 43.2 Å². The van der Waals surface area contributed by atoms with Crippen molar-refractivity contribution in [1.82, 2.24) is 9.80 Å². The average Bonchev–Trinajstić information content (AvgIpc) is 3.33. The van der Waals surface area contributed by atoms with E-state index in [0.717, 1.165) is 30.8 Å². The summed E-state index contributed by atoms with van der Waals surface area (Å²) in [5.74, 6) is -0.285. The second-order valence-electron chi connectivity index (χ2n) is 6.04. The third kappa shape index (κ3) is 2.31. The minimum absolute atomic E-state index is 0.0833. The summed E-state index contributed by atoms with van der Waals surface area (Å²) >= 11 is 0. The van der Waals surface area contributed by atoms with Crippen LogP contribution in [0.4, 0.5) is 0 Å². The molecule has 122 valence electrons. The fourth-order valence-electron chi connectivity index (χ4n) is 3.23. The Morgan fingerprint density at radius 3 is 2.50 bits per heavy atom. The zero-order valence-electron chi connectivity index (χ0n) is 13.0. The molecule has 2 aliphatic heterocycles. The van der Waals surface area contributed by atoms with Gasteiger partial charge in [-0.3, -0.25) is 19.3 Å². The van der Waals surface area contributed by atoms with Gasteiger partial charge in [-0.1, -0.05) is 0 Å². The van der Waals surface area contributed by atoms with Crippen molar-refractivity contribution in [2.75, 3.05) is 13.1 Å². The van der Waals surface area contributed by atoms with Crippen LogP contribution in [0.15, 0.2) is 41.0 Å². The third-order valence-electron chi connectivity index (χ3n) is 4.50. The van der Waals surface area contributed by atoms with E-state index in [1.54, 1.807) is 35.2 Å². The predicted molar refractivity (Wildman–Crippen MR) is 84.5 cm³/mol. The Kier molecular flexibility index (Phi) is 3.45. The summed E-state index contributed by atoms with van der Waals surface area (Å²) in [5.41, 5.74) is 1.08. The van der Waals surface area contributed by atoms with Gasteiger partial charge in [0.25, 0.3) is 17.7 Å². The standard InChI is InChI=1S/C18H16N2O4/c21-16(19-7-1-2-8-19)12-5-6-14-15(10-12)18(23)20(17(14)22)11-13-4-3-9-24-13/h3-6,9-10H,1-2,7-8,11H2. The highest BCUT2D eigenvalue weighted by Gasteiger charge is 2.36. The van der Waals surface area contributed by atoms with Crippen LogP contribution in [-0.4, -0.2) is 40.6 Å². The van der Waals surface area contributed by atoms with Crippen molar-refractivity contribution >= 4 is 17.7 Å². The van der Waals surface area contributed by atoms with Crippen LogP contribution in [0.5, 0.6) is 0 Å². The highest BCUT2D eigenvalue weighted by molar-refractivity contribution is 6.22. The molecular weight excluding hydrogens is 308 g/mol. The Labute approximate surface area is 138 Å². The van der Waals surface area contributed by atoms with Crippen LogP contribution >= 0.6 is 0 Å². The SMILES string of the molecule is O=C(c1ccc2c(c1)C(=O)N(Cc1ccco1)C2=O)N1CCCC1. The Balaban J connectivity index is 1.62. The zero-order valence-corrected chi connectivity index (χ0v) is 13.0. The highest BCUT2D eigenvalue weighted by atomic mass is 16.3. The van der Waals surface area contributed by atoms with Gasteiger partial charge in [0.05, 0.1) is 23.9 Å². The molecule has 2 aliphatic rings. The first kappa shape index (κ1) is 14.7. The molecule has 0 N–H and O–H groups in total. The summed E-state index contributed by atoms with van der Waals surface area (Å²) in [5, 5.41) is 0. The molecule has 0 aliphatic carbocycles. The lowest BCUT2D eigenvalue weighted by Crippen LogP contribution is -2.29. The van der Waals surface area contributed by atoms with E-state index >= 15 is 0 Å². The van der Waals surface area contributed by atoms with Crippen molar-refractivity contribution < 1.29 is 18.8 Å². The first-order valence-corrected chi connectivity index (χ1v) is 7.97. The maximum Gasteiger partial charge on any atom is 0.261 e. The minimum Gasteiger partial charge on any atom is -0.467 e. The van der Waals surface area contributed by atoms with Crippen LogP contribution in [0.1, 0.15) is 49.7 Å². The number of fused-ring (bicyclic) bond motifs is 1. The fourth-order valence-corrected chi connectivity index (χ4v) is 3.23. The molecule has 6 nitrogen and oxygen atoms in total. The van der Waals surface area contributed by atoms with E-state index in [-0.39, 0.29) is 29.8 Å². The molecule has 0 saturated carbocycles. The molecule has 0 bridgehead atoms. The van der Waals surface area contributed by atoms with Gasteiger partial charge >= 0.3 is 0 Å². The number of benzene rings is 1. The van der Waals surface area contributed by atoms with Crippen molar-refractivity contribution in [1.29, 1.82) is 0 Å². The monoisotopic (exact) mass is 324 g/mol. The van der Waals surface area contributed by atoms with E-state index in [1.807, 2.05) is 0 Å². The molecule has 24 heavy (non-hydrogen) atoms. The second kappa shape index (κ2) is 5.63. The molecule has 2 aromatic rings. The number of hydrogen-bond acceptors (Lipinski definition) is 4. The van der Waals surface area contributed by atoms with Crippen molar-refractivity contribution in [2.45, 2.75) is 19.4 Å². The van der Waals surface area contributed by atoms with E-state index in [2.05, 4.69) is 0 Å². The molecule has 0 spiro atoms. The summed E-state index contributed by atoms with van der Waals surface area (Å²) in [6.07, 6.45) is 3.51. The summed E-state index contributed by atoms with van der Waals surface area (Å²) < 4.78 is 5.21. The molecule has 3 amide bonds. The molecule has 1 aromatic carbocycles. The third-order valence-corrected chi connectivity index (χ3v) is 4.50. The van der Waals surface area contributed by atoms with Gasteiger partial charge in [0.15, 0.2) is 0 Å². The molecule has 0 unspecified atom stereocenters. The van der Waals surface area contributed by atoms with Crippen molar-refractivity contribution in [3.8, 4) is 0 Å². The molecule has 6 heteroatoms. The summed E-state index contributed by atoms with van der Waals surface area (Å²) in [6, 6.07) is 8.16. The van der Waals surface area contributed by atoms with Crippen molar-refractivity contribution in [3.05, 3.63) is 59.0 Å². The number of furan rings is 1. The number of carbonyl (C=O) groups is 3. The average molecular weight is 324 g/mol. The van der Waals surface area contributed by atoms with E-state index in [0.29, 0.717) is 16.9 Å². The van der Waals surface area contributed by atoms with Crippen LogP contribution < -0.4 is 0 Å². The topological polar surface area (TPSA) is 70.8 Å². The largest absolute Gasteiger partial charge is 0.467 e. The van der Waals surface area contributed by atoms with Gasteiger partial charge in [-0.25, -0.2) is 0 Å². The molecule has 3 heterocycles. The number of hydrogen-bond donors (Lipinski definition) is 0. The van der Waals surface area contributed by atoms with E-state index < -0.39 is 0 Å². The number of imide groups is 1. The van der Waals surface area contributed by atoms with Gasteiger partial charge in [0, 0.05) is 18.7 Å². The van der Waals surface area contributed by atoms with Crippen LogP contribution in [0.3, 0.4) is 0 Å². The van der Waals surface area contributed by atoms with Crippen LogP contribution in [-0.2, 0) is 6.54 Å². The van der Waals surface area contributed by atoms with Crippen molar-refractivity contribution in [2.24, 2.45) is 0 Å². The molecule has 4 rings (SSSR count). The van der Waals surface area contributed by atoms with Crippen LogP contribution in [0, 0.1) is 0 Å². The quantitative estimate of drug-likeness (QED) is 0.812. The lowest BCUT2D eigenvalue weighted by molar-refractivity contribution is 0.0631. The molecule has 0 atom stereocenters. The first-order valence-electron chi connectivity index (χ1n) is 7.97. The molecule has 1 fully saturated rings. The lowest BCUT2D eigenvalue weighted by atomic mass is 10.0. The number of carbonyl (C=O) groups excluding carboxylic acids is 3. The summed E-state index contributed by atoms with van der Waals surface area (Å²) in [6.45, 7) is 1.58. The lowest BCUT2D eigenvalue weighted by Gasteiger charge is -2.15. The van der Waals surface area contributed by atoms with Crippen molar-refractivity contribution in [3.63, 3.8) is 0 Å². The summed E-state index contributed by atoms with van der Waals surface area (Å²) in [4.78, 5) is 40.4. The smallest absolute Gasteiger partial charge is 0.261 e. The Morgan fingerprint density at radius 2 is 1.79 bits per heavy atom. The number of amides is 3. The first-order chi connectivity index (χ1) is 11.6. The zero-order chi connectivity index (χ0) is 16.7. The Morgan fingerprint density at radius 1 is 1.04 bits per heavy atom. The second-order valence-corrected chi connectivity index (χ2v) is 6.04. The molecular formula is C18H16N2O4. The van der Waals surface area contributed by atoms with E-state index in [9.17, 15) is 14.4 Å².